The summed E-state index contributed by atoms with van der Waals surface area (Å²) in [6.45, 7) is 2.72. The summed E-state index contributed by atoms with van der Waals surface area (Å²) in [7, 11) is -3.63. The largest absolute Gasteiger partial charge is 0.446 e. The number of sulfonamides is 1. The van der Waals surface area contributed by atoms with Crippen LogP contribution in [-0.2, 0) is 24.3 Å². The molecule has 0 spiro atoms. The molecule has 1 saturated heterocycles. The quantitative estimate of drug-likeness (QED) is 0.174. The van der Waals surface area contributed by atoms with E-state index in [0.29, 0.717) is 54.5 Å². The van der Waals surface area contributed by atoms with Gasteiger partial charge in [0.25, 0.3) is 5.91 Å². The topological polar surface area (TPSA) is 165 Å². The molecule has 19 heteroatoms. The lowest BCUT2D eigenvalue weighted by Crippen LogP contribution is -2.41. The zero-order chi connectivity index (χ0) is 33.8. The number of alkyl halides is 3. The van der Waals surface area contributed by atoms with E-state index in [4.69, 9.17) is 21.1 Å². The fourth-order valence-electron chi connectivity index (χ4n) is 4.23. The number of carbonyl (C=O) groups excluding carboxylic acids is 3. The van der Waals surface area contributed by atoms with Crippen LogP contribution in [0.5, 0.6) is 0 Å². The highest BCUT2D eigenvalue weighted by molar-refractivity contribution is 7.92. The fraction of sp³-hybridized carbons (Fsp3) is 0.259. The molecule has 2 N–H and O–H groups in total. The zero-order valence-electron chi connectivity index (χ0n) is 23.9. The lowest BCUT2D eigenvalue weighted by Gasteiger charge is -2.27. The molecule has 0 atom stereocenters. The molecule has 0 saturated carbocycles. The van der Waals surface area contributed by atoms with Gasteiger partial charge in [-0.05, 0) is 36.4 Å². The molecular weight excluding hydrogens is 662 g/mol. The van der Waals surface area contributed by atoms with Gasteiger partial charge in [-0.25, -0.2) is 27.3 Å². The second-order valence-corrected chi connectivity index (χ2v) is 11.8. The third-order valence-electron chi connectivity index (χ3n) is 6.10. The van der Waals surface area contributed by atoms with Crippen LogP contribution in [-0.4, -0.2) is 89.7 Å². The number of amides is 2. The average Bonchev–Trinajstić information content (AvgIpc) is 3.34. The molecule has 0 aliphatic carbocycles. The summed E-state index contributed by atoms with van der Waals surface area (Å²) in [5.41, 5.74) is 1.76. The Bertz CT molecular complexity index is 1910. The Hall–Kier alpha value is -4.68. The summed E-state index contributed by atoms with van der Waals surface area (Å²) in [4.78, 5) is 43.8. The fourth-order valence-corrected chi connectivity index (χ4v) is 4.99. The van der Waals surface area contributed by atoms with E-state index in [2.05, 4.69) is 25.1 Å². The molecule has 3 aromatic heterocycles. The van der Waals surface area contributed by atoms with Gasteiger partial charge in [0, 0.05) is 37.3 Å². The van der Waals surface area contributed by atoms with Crippen LogP contribution < -0.4 is 10.0 Å². The Kier molecular flexibility index (Phi) is 10.2. The third kappa shape index (κ3) is 8.52. The van der Waals surface area contributed by atoms with Gasteiger partial charge in [0.1, 0.15) is 11.5 Å². The lowest BCUT2D eigenvalue weighted by molar-refractivity contribution is -0.156. The first-order valence-corrected chi connectivity index (χ1v) is 15.3. The van der Waals surface area contributed by atoms with Crippen LogP contribution in [0.25, 0.3) is 28.2 Å². The molecule has 0 bridgehead atoms. The number of halogens is 5. The Morgan fingerprint density at radius 2 is 1.76 bits per heavy atom. The van der Waals surface area contributed by atoms with Crippen LogP contribution in [0.2, 0.25) is 5.15 Å². The highest BCUT2D eigenvalue weighted by Crippen LogP contribution is 2.32. The van der Waals surface area contributed by atoms with E-state index < -0.39 is 40.1 Å². The van der Waals surface area contributed by atoms with Crippen LogP contribution in [0.4, 0.5) is 29.1 Å². The molecule has 0 unspecified atom stereocenters. The van der Waals surface area contributed by atoms with Crippen molar-refractivity contribution in [2.75, 3.05) is 42.6 Å². The smallest absolute Gasteiger partial charge is 0.378 e. The second kappa shape index (κ2) is 13.8. The lowest BCUT2D eigenvalue weighted by atomic mass is 10.1. The maximum absolute atomic E-state index is 14.9. The van der Waals surface area contributed by atoms with Crippen molar-refractivity contribution in [3.05, 3.63) is 59.1 Å². The summed E-state index contributed by atoms with van der Waals surface area (Å²) < 4.78 is 78.7. The number of hydrogen-bond acceptors (Lipinski definition) is 9. The van der Waals surface area contributed by atoms with Gasteiger partial charge in [-0.2, -0.15) is 18.3 Å². The van der Waals surface area contributed by atoms with Gasteiger partial charge in [0.15, 0.2) is 16.6 Å². The number of nitrogens with zero attached hydrogens (tertiary/aromatic N) is 5. The minimum atomic E-state index is -4.64. The second-order valence-electron chi connectivity index (χ2n) is 9.67. The Morgan fingerprint density at radius 1 is 1.09 bits per heavy atom. The van der Waals surface area contributed by atoms with Gasteiger partial charge in [0.05, 0.1) is 36.4 Å². The molecule has 13 nitrogen and oxygen atoms in total. The first-order valence-electron chi connectivity index (χ1n) is 13.1. The first kappa shape index (κ1) is 34.2. The maximum Gasteiger partial charge on any atom is 0.446 e. The van der Waals surface area contributed by atoms with E-state index in [1.807, 2.05) is 0 Å². The molecule has 1 aliphatic rings. The van der Waals surface area contributed by atoms with Crippen molar-refractivity contribution >= 4 is 56.9 Å². The summed E-state index contributed by atoms with van der Waals surface area (Å²) in [5.74, 6) is -1.41. The highest BCUT2D eigenvalue weighted by atomic mass is 35.5. The highest BCUT2D eigenvalue weighted by Gasteiger charge is 2.26. The van der Waals surface area contributed by atoms with Gasteiger partial charge in [-0.15, -0.1) is 0 Å². The minimum Gasteiger partial charge on any atom is -0.378 e. The zero-order valence-corrected chi connectivity index (χ0v) is 25.5. The molecule has 5 rings (SSSR count). The number of fused-ring (bicyclic) bond motifs is 1. The van der Waals surface area contributed by atoms with Gasteiger partial charge in [-0.3, -0.25) is 19.1 Å². The van der Waals surface area contributed by atoms with Crippen molar-refractivity contribution in [2.45, 2.75) is 13.1 Å². The Balaban J connectivity index is 0.000000731. The van der Waals surface area contributed by atoms with E-state index >= 15 is 0 Å². The van der Waals surface area contributed by atoms with Crippen LogP contribution in [0.15, 0.2) is 42.6 Å². The van der Waals surface area contributed by atoms with E-state index in [-0.39, 0.29) is 22.2 Å². The molecule has 244 valence electrons. The molecule has 1 aliphatic heterocycles. The summed E-state index contributed by atoms with van der Waals surface area (Å²) in [6, 6.07) is 8.79. The summed E-state index contributed by atoms with van der Waals surface area (Å²) in [6.07, 6.45) is -3.29. The number of imidazole rings is 1. The van der Waals surface area contributed by atoms with Gasteiger partial charge < -0.3 is 15.0 Å². The number of carbonyl (C=O) groups is 3. The normalized spacial score (nSPS) is 13.5. The molecule has 1 aromatic carbocycles. The summed E-state index contributed by atoms with van der Waals surface area (Å²) >= 11 is 6.07. The number of anilines is 2. The van der Waals surface area contributed by atoms with E-state index in [0.717, 1.165) is 6.26 Å². The van der Waals surface area contributed by atoms with Crippen molar-refractivity contribution in [1.29, 1.82) is 0 Å². The van der Waals surface area contributed by atoms with Crippen LogP contribution in [0.1, 0.15) is 17.3 Å². The first-order chi connectivity index (χ1) is 21.6. The van der Waals surface area contributed by atoms with E-state index in [1.165, 1.54) is 46.8 Å². The van der Waals surface area contributed by atoms with Gasteiger partial charge in [-0.1, -0.05) is 11.6 Å². The predicted octanol–water partition coefficient (Wildman–Crippen LogP) is 3.80. The van der Waals surface area contributed by atoms with Crippen LogP contribution in [0.3, 0.4) is 0 Å². The van der Waals surface area contributed by atoms with E-state index in [9.17, 15) is 35.6 Å². The number of benzene rings is 1. The maximum atomic E-state index is 14.9. The van der Waals surface area contributed by atoms with Crippen LogP contribution in [0, 0.1) is 5.82 Å². The SMILES string of the molecule is CC(=O)Nc1nc2ccc(-c3cnc(Cl)c(NS(C)(=O)=O)c3)nn2c1-c1ccc(F)c(C(=O)N2CCOCC2)c1.O=CC(F)(F)F. The van der Waals surface area contributed by atoms with Crippen molar-refractivity contribution in [2.24, 2.45) is 0 Å². The number of pyridine rings is 1. The molecule has 1 fully saturated rings. The molecule has 4 heterocycles. The minimum absolute atomic E-state index is 0.0460. The number of aldehydes is 1. The molecule has 2 amide bonds. The average molecular weight is 686 g/mol. The standard InChI is InChI=1S/C25H23ClFN7O5S.C2HF3O/c1-14(35)29-24-22(15-3-4-18(27)17(11-15)25(36)33-7-9-39-10-8-33)34-21(30-24)6-5-19(31-34)16-12-20(23(26)28-13-16)32-40(2,37)38;3-2(4,5)1-6/h3-6,11-13,32H,7-10H2,1-2H3,(H,29,35);1H. The monoisotopic (exact) mass is 685 g/mol. The number of ether oxygens (including phenoxy) is 1. The predicted molar refractivity (Wildman–Crippen MR) is 158 cm³/mol. The van der Waals surface area contributed by atoms with Crippen molar-refractivity contribution in [3.63, 3.8) is 0 Å². The number of rotatable bonds is 6. The number of nitrogens with one attached hydrogen (secondary N) is 2. The number of aromatic nitrogens is 4. The van der Waals surface area contributed by atoms with Gasteiger partial charge in [0.2, 0.25) is 22.2 Å². The molecule has 0 radical (unpaired) electrons. The molecule has 4 aromatic rings. The Morgan fingerprint density at radius 3 is 2.37 bits per heavy atom. The van der Waals surface area contributed by atoms with Crippen molar-refractivity contribution in [3.8, 4) is 22.5 Å². The van der Waals surface area contributed by atoms with Crippen LogP contribution >= 0.6 is 11.6 Å². The number of hydrogen-bond donors (Lipinski definition) is 2. The molecular formula is C27H24ClF4N7O6S. The molecule has 46 heavy (non-hydrogen) atoms. The van der Waals surface area contributed by atoms with Crippen molar-refractivity contribution < 1.29 is 45.1 Å². The Labute approximate surface area is 263 Å². The summed E-state index contributed by atoms with van der Waals surface area (Å²) in [5, 5.41) is 7.26. The number of morpholine rings is 1. The van der Waals surface area contributed by atoms with Crippen molar-refractivity contribution in [1.82, 2.24) is 24.5 Å². The van der Waals surface area contributed by atoms with Gasteiger partial charge >= 0.3 is 6.18 Å². The van der Waals surface area contributed by atoms with E-state index in [1.54, 1.807) is 12.1 Å². The third-order valence-corrected chi connectivity index (χ3v) is 7.00.